The lowest BCUT2D eigenvalue weighted by Gasteiger charge is -2.18. The summed E-state index contributed by atoms with van der Waals surface area (Å²) >= 11 is 0. The van der Waals surface area contributed by atoms with Crippen LogP contribution in [0.1, 0.15) is 18.3 Å². The fourth-order valence-electron chi connectivity index (χ4n) is 3.02. The monoisotopic (exact) mass is 352 g/mol. The SMILES string of the molecule is C=P(C)(C)CC[C@H]1O[C@@H](n2cnc3c(N)cc(C)nc32)[C@H](O)[C@@H]1O. The van der Waals surface area contributed by atoms with Crippen LogP contribution in [0.25, 0.3) is 11.2 Å². The average molecular weight is 352 g/mol. The molecule has 3 rings (SSSR count). The summed E-state index contributed by atoms with van der Waals surface area (Å²) in [4.78, 5) is 8.73. The standard InChI is InChI=1S/C16H25N4O3P/c1-9-7-10(17)12-15(19-9)20(8-18-12)16-14(22)13(21)11(23-16)5-6-24(2,3)4/h7-8,11,13-14,16,21-22H,2,5-6H2,1,3-4H3,(H2,17,19)/t11-,13-,14-,16-/m1/s1. The van der Waals surface area contributed by atoms with E-state index in [2.05, 4.69) is 29.6 Å². The molecular formula is C16H25N4O3P. The summed E-state index contributed by atoms with van der Waals surface area (Å²) < 4.78 is 7.60. The predicted octanol–water partition coefficient (Wildman–Crippen LogP) is 1.04. The number of ether oxygens (including phenoxy) is 1. The number of rotatable bonds is 4. The van der Waals surface area contributed by atoms with E-state index in [1.54, 1.807) is 17.0 Å². The molecule has 132 valence electrons. The normalized spacial score (nSPS) is 27.9. The van der Waals surface area contributed by atoms with Crippen molar-refractivity contribution in [2.45, 2.75) is 37.9 Å². The van der Waals surface area contributed by atoms with E-state index in [4.69, 9.17) is 10.5 Å². The molecule has 0 unspecified atom stereocenters. The predicted molar refractivity (Wildman–Crippen MR) is 98.0 cm³/mol. The van der Waals surface area contributed by atoms with Crippen LogP contribution in [0.5, 0.6) is 0 Å². The van der Waals surface area contributed by atoms with Gasteiger partial charge in [-0.05, 0) is 38.9 Å². The molecular weight excluding hydrogens is 327 g/mol. The molecule has 1 fully saturated rings. The van der Waals surface area contributed by atoms with E-state index in [1.807, 2.05) is 6.92 Å². The fraction of sp³-hybridized carbons (Fsp3) is 0.562. The van der Waals surface area contributed by atoms with Gasteiger partial charge in [-0.25, -0.2) is 9.97 Å². The van der Waals surface area contributed by atoms with Gasteiger partial charge in [-0.3, -0.25) is 4.57 Å². The van der Waals surface area contributed by atoms with E-state index >= 15 is 0 Å². The first-order chi connectivity index (χ1) is 11.2. The number of fused-ring (bicyclic) bond motifs is 1. The second-order valence-electron chi connectivity index (χ2n) is 7.17. The number of nitrogen functional groups attached to an aromatic ring is 1. The molecule has 0 aromatic carbocycles. The zero-order valence-electron chi connectivity index (χ0n) is 14.3. The number of aliphatic hydroxyl groups is 2. The molecule has 1 saturated heterocycles. The number of nitrogens with two attached hydrogens (primary N) is 1. The van der Waals surface area contributed by atoms with Gasteiger partial charge in [0.1, 0.15) is 17.7 Å². The third-order valence-corrected chi connectivity index (χ3v) is 5.79. The largest absolute Gasteiger partial charge is 0.397 e. The van der Waals surface area contributed by atoms with Crippen molar-refractivity contribution in [1.82, 2.24) is 14.5 Å². The van der Waals surface area contributed by atoms with Crippen LogP contribution in [-0.2, 0) is 4.74 Å². The number of pyridine rings is 1. The first-order valence-electron chi connectivity index (χ1n) is 7.96. The summed E-state index contributed by atoms with van der Waals surface area (Å²) in [5.41, 5.74) is 8.39. The molecule has 2 aromatic heterocycles. The Hall–Kier alpha value is -1.40. The Bertz CT molecular complexity index is 800. The van der Waals surface area contributed by atoms with E-state index in [0.29, 0.717) is 23.3 Å². The smallest absolute Gasteiger partial charge is 0.165 e. The number of imidazole rings is 1. The summed E-state index contributed by atoms with van der Waals surface area (Å²) in [7, 11) is 0. The lowest BCUT2D eigenvalue weighted by atomic mass is 10.1. The second-order valence-corrected chi connectivity index (χ2v) is 11.5. The molecule has 1 aliphatic rings. The van der Waals surface area contributed by atoms with Crippen molar-refractivity contribution >= 4 is 30.0 Å². The van der Waals surface area contributed by atoms with Crippen LogP contribution in [-0.4, -0.2) is 68.9 Å². The number of nitrogens with zero attached hydrogens (tertiary/aromatic N) is 3. The summed E-state index contributed by atoms with van der Waals surface area (Å²) in [6.45, 7) is 4.91. The molecule has 3 heterocycles. The van der Waals surface area contributed by atoms with Gasteiger partial charge in [0.15, 0.2) is 11.9 Å². The zero-order valence-corrected chi connectivity index (χ0v) is 15.1. The first kappa shape index (κ1) is 17.4. The summed E-state index contributed by atoms with van der Waals surface area (Å²) in [5, 5.41) is 20.8. The maximum Gasteiger partial charge on any atom is 0.165 e. The van der Waals surface area contributed by atoms with Gasteiger partial charge in [-0.15, -0.1) is 13.2 Å². The van der Waals surface area contributed by atoms with Crippen molar-refractivity contribution < 1.29 is 14.9 Å². The molecule has 1 aliphatic heterocycles. The van der Waals surface area contributed by atoms with Crippen molar-refractivity contribution in [2.24, 2.45) is 0 Å². The van der Waals surface area contributed by atoms with Crippen LogP contribution < -0.4 is 5.73 Å². The van der Waals surface area contributed by atoms with Gasteiger partial charge < -0.3 is 20.7 Å². The highest BCUT2D eigenvalue weighted by molar-refractivity contribution is 7.72. The maximum atomic E-state index is 10.4. The van der Waals surface area contributed by atoms with Gasteiger partial charge in [0.05, 0.1) is 18.1 Å². The quantitative estimate of drug-likeness (QED) is 0.710. The van der Waals surface area contributed by atoms with Crippen LogP contribution in [0.3, 0.4) is 0 Å². The van der Waals surface area contributed by atoms with E-state index in [-0.39, 0.29) is 0 Å². The highest BCUT2D eigenvalue weighted by Crippen LogP contribution is 2.40. The van der Waals surface area contributed by atoms with Crippen LogP contribution >= 0.6 is 6.89 Å². The number of anilines is 1. The van der Waals surface area contributed by atoms with Crippen LogP contribution in [0, 0.1) is 6.92 Å². The lowest BCUT2D eigenvalue weighted by Crippen LogP contribution is -2.31. The molecule has 2 aromatic rings. The van der Waals surface area contributed by atoms with Crippen molar-refractivity contribution in [1.29, 1.82) is 0 Å². The minimum Gasteiger partial charge on any atom is -0.397 e. The highest BCUT2D eigenvalue weighted by atomic mass is 31.2. The molecule has 0 aliphatic carbocycles. The Labute approximate surface area is 141 Å². The molecule has 0 bridgehead atoms. The molecule has 0 radical (unpaired) electrons. The van der Waals surface area contributed by atoms with E-state index < -0.39 is 31.4 Å². The van der Waals surface area contributed by atoms with E-state index in [1.165, 1.54) is 0 Å². The summed E-state index contributed by atoms with van der Waals surface area (Å²) in [6, 6.07) is 1.75. The van der Waals surface area contributed by atoms with Crippen LogP contribution in [0.15, 0.2) is 12.4 Å². The van der Waals surface area contributed by atoms with Crippen LogP contribution in [0.2, 0.25) is 0 Å². The van der Waals surface area contributed by atoms with Crippen molar-refractivity contribution in [3.05, 3.63) is 18.1 Å². The van der Waals surface area contributed by atoms with Crippen molar-refractivity contribution in [3.8, 4) is 0 Å². The third-order valence-electron chi connectivity index (χ3n) is 4.32. The van der Waals surface area contributed by atoms with Gasteiger partial charge >= 0.3 is 0 Å². The molecule has 4 N–H and O–H groups in total. The van der Waals surface area contributed by atoms with Gasteiger partial charge in [0.25, 0.3) is 0 Å². The zero-order chi connectivity index (χ0) is 17.6. The molecule has 8 heteroatoms. The molecule has 24 heavy (non-hydrogen) atoms. The Morgan fingerprint density at radius 1 is 1.38 bits per heavy atom. The van der Waals surface area contributed by atoms with Gasteiger partial charge in [-0.1, -0.05) is 0 Å². The Morgan fingerprint density at radius 2 is 2.08 bits per heavy atom. The summed E-state index contributed by atoms with van der Waals surface area (Å²) in [5.74, 6) is 0. The van der Waals surface area contributed by atoms with E-state index in [0.717, 1.165) is 11.9 Å². The highest BCUT2D eigenvalue weighted by Gasteiger charge is 2.44. The number of hydrogen-bond acceptors (Lipinski definition) is 6. The molecule has 0 amide bonds. The topological polar surface area (TPSA) is 106 Å². The fourth-order valence-corrected chi connectivity index (χ4v) is 3.98. The molecule has 4 atom stereocenters. The molecule has 0 saturated carbocycles. The summed E-state index contributed by atoms with van der Waals surface area (Å²) in [6.07, 6.45) is 4.15. The maximum absolute atomic E-state index is 10.4. The Kier molecular flexibility index (Phi) is 4.47. The number of aliphatic hydroxyl groups excluding tert-OH is 2. The van der Waals surface area contributed by atoms with E-state index in [9.17, 15) is 10.2 Å². The van der Waals surface area contributed by atoms with Gasteiger partial charge in [0.2, 0.25) is 0 Å². The second kappa shape index (κ2) is 6.15. The van der Waals surface area contributed by atoms with Gasteiger partial charge in [-0.2, -0.15) is 0 Å². The number of hydrogen-bond donors (Lipinski definition) is 3. The Balaban J connectivity index is 1.89. The molecule has 0 spiro atoms. The average Bonchev–Trinajstić information content (AvgIpc) is 3.00. The minimum absolute atomic E-state index is 0.425. The van der Waals surface area contributed by atoms with Crippen LogP contribution in [0.4, 0.5) is 5.69 Å². The molecule has 7 nitrogen and oxygen atoms in total. The van der Waals surface area contributed by atoms with Crippen molar-refractivity contribution in [2.75, 3.05) is 25.2 Å². The first-order valence-corrected chi connectivity index (χ1v) is 11.0. The van der Waals surface area contributed by atoms with Crippen molar-refractivity contribution in [3.63, 3.8) is 0 Å². The minimum atomic E-state index is -1.22. The Morgan fingerprint density at radius 3 is 2.75 bits per heavy atom. The lowest BCUT2D eigenvalue weighted by molar-refractivity contribution is -0.0353. The number of aromatic nitrogens is 3. The van der Waals surface area contributed by atoms with Gasteiger partial charge in [0, 0.05) is 5.69 Å². The number of aryl methyl sites for hydroxylation is 1. The third kappa shape index (κ3) is 3.22.